The molecule has 0 fully saturated rings. The van der Waals surface area contributed by atoms with E-state index in [0.29, 0.717) is 24.1 Å². The molecule has 2 heterocycles. The predicted octanol–water partition coefficient (Wildman–Crippen LogP) is 4.41. The Morgan fingerprint density at radius 2 is 2.19 bits per heavy atom. The van der Waals surface area contributed by atoms with Gasteiger partial charge in [0.2, 0.25) is 0 Å². The number of halogens is 3. The van der Waals surface area contributed by atoms with Gasteiger partial charge in [-0.2, -0.15) is 5.10 Å². The van der Waals surface area contributed by atoms with E-state index in [0.717, 1.165) is 29.5 Å². The van der Waals surface area contributed by atoms with Gasteiger partial charge in [-0.15, -0.1) is 0 Å². The summed E-state index contributed by atoms with van der Waals surface area (Å²) in [6.45, 7) is 0.588. The number of rotatable bonds is 6. The van der Waals surface area contributed by atoms with Crippen molar-refractivity contribution in [3.05, 3.63) is 64.6 Å². The topological polar surface area (TPSA) is 78.5 Å². The van der Waals surface area contributed by atoms with Crippen molar-refractivity contribution in [2.45, 2.75) is 25.3 Å². The lowest BCUT2D eigenvalue weighted by molar-refractivity contribution is -0.131. The number of hydrogen-bond acceptors (Lipinski definition) is 4. The van der Waals surface area contributed by atoms with Gasteiger partial charge >= 0.3 is 5.97 Å². The van der Waals surface area contributed by atoms with Crippen molar-refractivity contribution in [2.75, 3.05) is 20.2 Å². The van der Waals surface area contributed by atoms with E-state index in [2.05, 4.69) is 10.2 Å². The normalized spacial score (nSPS) is 17.1. The van der Waals surface area contributed by atoms with E-state index in [9.17, 15) is 13.6 Å². The van der Waals surface area contributed by atoms with Crippen LogP contribution in [0.2, 0.25) is 0 Å². The number of H-pyrrole nitrogens is 1. The summed E-state index contributed by atoms with van der Waals surface area (Å²) in [6.07, 6.45) is 4.34. The smallest absolute Gasteiger partial charge is 0.328 e. The molecule has 1 aliphatic heterocycles. The van der Waals surface area contributed by atoms with E-state index >= 15 is 4.39 Å². The number of aromatic nitrogens is 2. The Hall–Kier alpha value is -3.33. The van der Waals surface area contributed by atoms with Gasteiger partial charge in [0.25, 0.3) is 5.92 Å². The van der Waals surface area contributed by atoms with Gasteiger partial charge in [-0.1, -0.05) is 6.07 Å². The second kappa shape index (κ2) is 8.31. The summed E-state index contributed by atoms with van der Waals surface area (Å²) in [5.41, 5.74) is 2.87. The lowest BCUT2D eigenvalue weighted by Crippen LogP contribution is -2.42. The third-order valence-electron chi connectivity index (χ3n) is 5.59. The molecule has 1 unspecified atom stereocenters. The number of aliphatic carboxylic acids is 1. The molecule has 2 aromatic carbocycles. The average Bonchev–Trinajstić information content (AvgIpc) is 3.20. The largest absolute Gasteiger partial charge is 0.496 e. The summed E-state index contributed by atoms with van der Waals surface area (Å²) in [7, 11) is 1.37. The monoisotopic (exact) mass is 445 g/mol. The second-order valence-corrected chi connectivity index (χ2v) is 7.95. The van der Waals surface area contributed by atoms with Crippen molar-refractivity contribution in [1.82, 2.24) is 15.1 Å². The van der Waals surface area contributed by atoms with E-state index in [1.807, 2.05) is 0 Å². The Morgan fingerprint density at radius 1 is 1.41 bits per heavy atom. The van der Waals surface area contributed by atoms with Crippen molar-refractivity contribution in [3.8, 4) is 5.75 Å². The highest BCUT2D eigenvalue weighted by molar-refractivity contribution is 5.85. The number of carboxylic acids is 1. The zero-order chi connectivity index (χ0) is 23.0. The van der Waals surface area contributed by atoms with Crippen LogP contribution in [0.1, 0.15) is 35.2 Å². The minimum absolute atomic E-state index is 0.132. The Balaban J connectivity index is 1.90. The zero-order valence-electron chi connectivity index (χ0n) is 17.5. The molecule has 9 heteroatoms. The number of nitrogens with zero attached hydrogens (tertiary/aromatic N) is 2. The van der Waals surface area contributed by atoms with Gasteiger partial charge < -0.3 is 9.84 Å². The summed E-state index contributed by atoms with van der Waals surface area (Å²) in [5, 5.41) is 16.7. The molecular weight excluding hydrogens is 423 g/mol. The predicted molar refractivity (Wildman–Crippen MR) is 113 cm³/mol. The summed E-state index contributed by atoms with van der Waals surface area (Å²) in [5.74, 6) is -4.66. The number of hydrogen-bond donors (Lipinski definition) is 2. The number of alkyl halides is 2. The molecule has 0 amide bonds. The van der Waals surface area contributed by atoms with Crippen molar-refractivity contribution < 1.29 is 27.8 Å². The standard InChI is InChI=1S/C23H22F3N3O3/c1-23(25,26)12-29-8-7-14-15(4-5-18-16(14)11-27-28-18)22(29)21-17(24)9-13(3-6-20(30)31)10-19(21)32-2/h3-6,9-11,22H,7-8,12H2,1-2H3,(H,27,28)(H,30,31)/b6-3+. The number of ether oxygens (including phenoxy) is 1. The number of nitrogens with one attached hydrogen (secondary N) is 1. The Bertz CT molecular complexity index is 1200. The van der Waals surface area contributed by atoms with E-state index in [-0.39, 0.29) is 11.3 Å². The van der Waals surface area contributed by atoms with Crippen LogP contribution < -0.4 is 4.74 Å². The SMILES string of the molecule is COc1cc(/C=C/C(=O)O)cc(F)c1C1c2ccc3[nH]ncc3c2CCN1CC(C)(F)F. The first-order chi connectivity index (χ1) is 15.2. The molecule has 168 valence electrons. The maximum Gasteiger partial charge on any atom is 0.328 e. The lowest BCUT2D eigenvalue weighted by Gasteiger charge is -2.39. The van der Waals surface area contributed by atoms with Gasteiger partial charge in [-0.05, 0) is 47.4 Å². The number of benzene rings is 2. The van der Waals surface area contributed by atoms with E-state index in [4.69, 9.17) is 9.84 Å². The van der Waals surface area contributed by atoms with E-state index in [1.165, 1.54) is 25.3 Å². The number of methoxy groups -OCH3 is 1. The molecule has 0 saturated carbocycles. The van der Waals surface area contributed by atoms with Crippen LogP contribution >= 0.6 is 0 Å². The van der Waals surface area contributed by atoms with Crippen LogP contribution in [0.4, 0.5) is 13.2 Å². The molecule has 3 aromatic rings. The second-order valence-electron chi connectivity index (χ2n) is 7.95. The van der Waals surface area contributed by atoms with Gasteiger partial charge in [0.1, 0.15) is 11.6 Å². The minimum Gasteiger partial charge on any atom is -0.496 e. The highest BCUT2D eigenvalue weighted by Crippen LogP contribution is 2.43. The molecule has 0 aliphatic carbocycles. The zero-order valence-corrected chi connectivity index (χ0v) is 17.5. The Labute approximate surface area is 182 Å². The van der Waals surface area contributed by atoms with Crippen molar-refractivity contribution in [1.29, 1.82) is 0 Å². The number of fused-ring (bicyclic) bond motifs is 3. The summed E-state index contributed by atoms with van der Waals surface area (Å²) >= 11 is 0. The molecule has 1 aromatic heterocycles. The fourth-order valence-electron chi connectivity index (χ4n) is 4.38. The van der Waals surface area contributed by atoms with Gasteiger partial charge in [0, 0.05) is 24.9 Å². The summed E-state index contributed by atoms with van der Waals surface area (Å²) in [6, 6.07) is 5.49. The first-order valence-electron chi connectivity index (χ1n) is 10.0. The van der Waals surface area contributed by atoms with Crippen LogP contribution in [0.5, 0.6) is 5.75 Å². The third kappa shape index (κ3) is 4.20. The minimum atomic E-state index is -2.98. The molecule has 6 nitrogen and oxygen atoms in total. The Morgan fingerprint density at radius 3 is 2.88 bits per heavy atom. The highest BCUT2D eigenvalue weighted by Gasteiger charge is 2.38. The summed E-state index contributed by atoms with van der Waals surface area (Å²) in [4.78, 5) is 12.4. The van der Waals surface area contributed by atoms with Crippen LogP contribution in [0.3, 0.4) is 0 Å². The average molecular weight is 445 g/mol. The molecule has 0 bridgehead atoms. The lowest BCUT2D eigenvalue weighted by atomic mass is 9.85. The van der Waals surface area contributed by atoms with E-state index in [1.54, 1.807) is 23.2 Å². The van der Waals surface area contributed by atoms with Gasteiger partial charge in [0.05, 0.1) is 37.0 Å². The molecule has 0 radical (unpaired) electrons. The van der Waals surface area contributed by atoms with Crippen LogP contribution in [-0.4, -0.2) is 52.3 Å². The van der Waals surface area contributed by atoms with Crippen LogP contribution in [0.15, 0.2) is 36.5 Å². The number of aromatic amines is 1. The quantitative estimate of drug-likeness (QED) is 0.550. The first-order valence-corrected chi connectivity index (χ1v) is 10.0. The van der Waals surface area contributed by atoms with Crippen LogP contribution in [0, 0.1) is 5.82 Å². The molecule has 2 N–H and O–H groups in total. The van der Waals surface area contributed by atoms with Crippen molar-refractivity contribution in [2.24, 2.45) is 0 Å². The van der Waals surface area contributed by atoms with Gasteiger partial charge in [-0.3, -0.25) is 10.00 Å². The number of carboxylic acid groups (broad SMARTS) is 1. The molecular formula is C23H22F3N3O3. The Kier molecular flexibility index (Phi) is 5.68. The molecule has 1 atom stereocenters. The van der Waals surface area contributed by atoms with Crippen LogP contribution in [0.25, 0.3) is 17.0 Å². The maximum absolute atomic E-state index is 15.5. The molecule has 0 saturated heterocycles. The molecule has 1 aliphatic rings. The first kappa shape index (κ1) is 21.9. The third-order valence-corrected chi connectivity index (χ3v) is 5.59. The fraction of sp³-hybridized carbons (Fsp3) is 0.304. The van der Waals surface area contributed by atoms with E-state index < -0.39 is 30.3 Å². The van der Waals surface area contributed by atoms with Crippen molar-refractivity contribution >= 4 is 22.9 Å². The summed E-state index contributed by atoms with van der Waals surface area (Å²) < 4.78 is 49.0. The van der Waals surface area contributed by atoms with Crippen molar-refractivity contribution in [3.63, 3.8) is 0 Å². The number of carbonyl (C=O) groups is 1. The van der Waals surface area contributed by atoms with Gasteiger partial charge in [0.15, 0.2) is 0 Å². The fourth-order valence-corrected chi connectivity index (χ4v) is 4.38. The highest BCUT2D eigenvalue weighted by atomic mass is 19.3. The maximum atomic E-state index is 15.5. The van der Waals surface area contributed by atoms with Gasteiger partial charge in [-0.25, -0.2) is 18.0 Å². The van der Waals surface area contributed by atoms with Crippen LogP contribution in [-0.2, 0) is 11.2 Å². The molecule has 32 heavy (non-hydrogen) atoms. The molecule has 4 rings (SSSR count). The molecule has 0 spiro atoms.